The highest BCUT2D eigenvalue weighted by Gasteiger charge is 2.13. The van der Waals surface area contributed by atoms with Crippen LogP contribution in [0.3, 0.4) is 0 Å². The van der Waals surface area contributed by atoms with E-state index in [0.717, 1.165) is 10.9 Å². The van der Waals surface area contributed by atoms with Crippen LogP contribution < -0.4 is 4.74 Å². The molecule has 0 fully saturated rings. The predicted octanol–water partition coefficient (Wildman–Crippen LogP) is 5.31. The zero-order valence-electron chi connectivity index (χ0n) is 14.8. The van der Waals surface area contributed by atoms with E-state index in [9.17, 15) is 9.59 Å². The van der Waals surface area contributed by atoms with Gasteiger partial charge in [-0.05, 0) is 54.6 Å². The van der Waals surface area contributed by atoms with Gasteiger partial charge in [-0.15, -0.1) is 0 Å². The number of fused-ring (bicyclic) bond motifs is 1. The van der Waals surface area contributed by atoms with E-state index < -0.39 is 0 Å². The Hall–Kier alpha value is -3.37. The minimum Gasteiger partial charge on any atom is -0.485 e. The lowest BCUT2D eigenvalue weighted by molar-refractivity contribution is 0.0922. The molecular weight excluding hydrogens is 374 g/mol. The molecule has 4 rings (SSSR count). The maximum atomic E-state index is 12.5. The Morgan fingerprint density at radius 1 is 0.857 bits per heavy atom. The fraction of sp³-hybridized carbons (Fsp3) is 0.0435. The second-order valence-electron chi connectivity index (χ2n) is 6.32. The van der Waals surface area contributed by atoms with E-state index in [2.05, 4.69) is 4.98 Å². The van der Waals surface area contributed by atoms with Crippen LogP contribution in [0.25, 0.3) is 10.9 Å². The molecule has 0 aliphatic heterocycles. The van der Waals surface area contributed by atoms with Crippen molar-refractivity contribution in [3.8, 4) is 5.75 Å². The van der Waals surface area contributed by atoms with Crippen LogP contribution in [0.5, 0.6) is 5.75 Å². The number of Topliss-reactive ketones (excluding diaryl/α,β-unsaturated/α-hetero) is 1. The summed E-state index contributed by atoms with van der Waals surface area (Å²) in [5, 5.41) is 1.46. The molecule has 3 aromatic carbocycles. The third kappa shape index (κ3) is 3.68. The van der Waals surface area contributed by atoms with Gasteiger partial charge in [-0.3, -0.25) is 9.59 Å². The maximum absolute atomic E-state index is 12.5. The molecule has 4 nitrogen and oxygen atoms in total. The Kier molecular flexibility index (Phi) is 4.96. The number of rotatable bonds is 6. The van der Waals surface area contributed by atoms with Gasteiger partial charge in [0, 0.05) is 38.8 Å². The number of carbonyl (C=O) groups excluding carboxylic acids is 2. The van der Waals surface area contributed by atoms with Crippen molar-refractivity contribution in [2.45, 2.75) is 0 Å². The number of H-pyrrole nitrogens is 1. The molecule has 1 aromatic heterocycles. The minimum atomic E-state index is -0.112. The van der Waals surface area contributed by atoms with Crippen molar-refractivity contribution in [2.75, 3.05) is 6.61 Å². The first-order valence-electron chi connectivity index (χ1n) is 8.74. The third-order valence-corrected chi connectivity index (χ3v) is 4.73. The summed E-state index contributed by atoms with van der Waals surface area (Å²) < 4.78 is 5.60. The van der Waals surface area contributed by atoms with E-state index in [0.29, 0.717) is 27.5 Å². The zero-order chi connectivity index (χ0) is 19.5. The van der Waals surface area contributed by atoms with E-state index in [-0.39, 0.29) is 18.2 Å². The van der Waals surface area contributed by atoms with Crippen molar-refractivity contribution < 1.29 is 14.3 Å². The standard InChI is InChI=1S/C23H16ClNO3/c24-17-9-5-15(6-10-17)23(27)16-7-11-18(12-8-16)28-14-22(26)20-13-25-21-4-2-1-3-19(20)21/h1-13,25H,14H2. The van der Waals surface area contributed by atoms with E-state index in [1.807, 2.05) is 24.3 Å². The van der Waals surface area contributed by atoms with E-state index in [4.69, 9.17) is 16.3 Å². The summed E-state index contributed by atoms with van der Waals surface area (Å²) in [6.07, 6.45) is 1.70. The summed E-state index contributed by atoms with van der Waals surface area (Å²) in [7, 11) is 0. The van der Waals surface area contributed by atoms with Crippen LogP contribution in [-0.2, 0) is 0 Å². The summed E-state index contributed by atoms with van der Waals surface area (Å²) in [4.78, 5) is 28.0. The van der Waals surface area contributed by atoms with Gasteiger partial charge < -0.3 is 9.72 Å². The highest BCUT2D eigenvalue weighted by Crippen LogP contribution is 2.20. The molecule has 0 aliphatic rings. The molecule has 0 radical (unpaired) electrons. The molecule has 1 N–H and O–H groups in total. The van der Waals surface area contributed by atoms with Crippen molar-refractivity contribution in [3.05, 3.63) is 101 Å². The summed E-state index contributed by atoms with van der Waals surface area (Å²) in [5.41, 5.74) is 2.62. The number of nitrogens with one attached hydrogen (secondary N) is 1. The first kappa shape index (κ1) is 18.0. The Labute approximate surface area is 166 Å². The van der Waals surface area contributed by atoms with Crippen LogP contribution in [0, 0.1) is 0 Å². The van der Waals surface area contributed by atoms with Crippen LogP contribution in [0.4, 0.5) is 0 Å². The van der Waals surface area contributed by atoms with Crippen LogP contribution >= 0.6 is 11.6 Å². The number of benzene rings is 3. The lowest BCUT2D eigenvalue weighted by Gasteiger charge is -2.07. The summed E-state index contributed by atoms with van der Waals surface area (Å²) >= 11 is 5.86. The van der Waals surface area contributed by atoms with Crippen LogP contribution in [0.2, 0.25) is 5.02 Å². The largest absolute Gasteiger partial charge is 0.485 e. The first-order chi connectivity index (χ1) is 13.6. The van der Waals surface area contributed by atoms with Gasteiger partial charge in [-0.2, -0.15) is 0 Å². The smallest absolute Gasteiger partial charge is 0.202 e. The number of ketones is 2. The van der Waals surface area contributed by atoms with E-state index in [1.54, 1.807) is 54.7 Å². The highest BCUT2D eigenvalue weighted by molar-refractivity contribution is 6.30. The lowest BCUT2D eigenvalue weighted by Crippen LogP contribution is -2.11. The average Bonchev–Trinajstić information content (AvgIpc) is 3.17. The SMILES string of the molecule is O=C(c1ccc(Cl)cc1)c1ccc(OCC(=O)c2c[nH]c3ccccc23)cc1. The highest BCUT2D eigenvalue weighted by atomic mass is 35.5. The minimum absolute atomic E-state index is 0.0771. The fourth-order valence-corrected chi connectivity index (χ4v) is 3.13. The number of aromatic nitrogens is 1. The van der Waals surface area contributed by atoms with Crippen molar-refractivity contribution in [1.29, 1.82) is 0 Å². The molecular formula is C23H16ClNO3. The van der Waals surface area contributed by atoms with Gasteiger partial charge in [0.2, 0.25) is 5.78 Å². The number of para-hydroxylation sites is 1. The number of aromatic amines is 1. The predicted molar refractivity (Wildman–Crippen MR) is 109 cm³/mol. The van der Waals surface area contributed by atoms with Crippen molar-refractivity contribution in [2.24, 2.45) is 0 Å². The topological polar surface area (TPSA) is 59.2 Å². The zero-order valence-corrected chi connectivity index (χ0v) is 15.6. The molecule has 0 bridgehead atoms. The monoisotopic (exact) mass is 389 g/mol. The quantitative estimate of drug-likeness (QED) is 0.454. The second-order valence-corrected chi connectivity index (χ2v) is 6.76. The molecule has 4 aromatic rings. The van der Waals surface area contributed by atoms with Crippen LogP contribution in [0.1, 0.15) is 26.3 Å². The van der Waals surface area contributed by atoms with Crippen molar-refractivity contribution >= 4 is 34.1 Å². The van der Waals surface area contributed by atoms with Gasteiger partial charge in [0.05, 0.1) is 0 Å². The number of ether oxygens (including phenoxy) is 1. The molecule has 1 heterocycles. The van der Waals surface area contributed by atoms with Gasteiger partial charge >= 0.3 is 0 Å². The second kappa shape index (κ2) is 7.71. The van der Waals surface area contributed by atoms with Gasteiger partial charge in [0.15, 0.2) is 12.4 Å². The molecule has 0 saturated carbocycles. The first-order valence-corrected chi connectivity index (χ1v) is 9.12. The number of carbonyl (C=O) groups is 2. The van der Waals surface area contributed by atoms with Crippen molar-refractivity contribution in [3.63, 3.8) is 0 Å². The normalized spacial score (nSPS) is 10.8. The van der Waals surface area contributed by atoms with E-state index in [1.165, 1.54) is 0 Å². The number of hydrogen-bond acceptors (Lipinski definition) is 3. The average molecular weight is 390 g/mol. The number of hydrogen-bond donors (Lipinski definition) is 1. The Balaban J connectivity index is 1.42. The third-order valence-electron chi connectivity index (χ3n) is 4.48. The van der Waals surface area contributed by atoms with Gasteiger partial charge in [0.25, 0.3) is 0 Å². The number of halogens is 1. The summed E-state index contributed by atoms with van der Waals surface area (Å²) in [6.45, 7) is -0.0771. The molecule has 0 saturated heterocycles. The molecule has 0 atom stereocenters. The molecule has 0 spiro atoms. The van der Waals surface area contributed by atoms with Gasteiger partial charge in [0.1, 0.15) is 5.75 Å². The molecule has 5 heteroatoms. The van der Waals surface area contributed by atoms with Gasteiger partial charge in [-0.1, -0.05) is 29.8 Å². The Bertz CT molecular complexity index is 1140. The Morgan fingerprint density at radius 3 is 2.21 bits per heavy atom. The fourth-order valence-electron chi connectivity index (χ4n) is 3.00. The molecule has 0 unspecified atom stereocenters. The van der Waals surface area contributed by atoms with Crippen LogP contribution in [-0.4, -0.2) is 23.2 Å². The molecule has 0 aliphatic carbocycles. The summed E-state index contributed by atoms with van der Waals surface area (Å²) in [6, 6.07) is 21.1. The lowest BCUT2D eigenvalue weighted by atomic mass is 10.0. The van der Waals surface area contributed by atoms with Crippen LogP contribution in [0.15, 0.2) is 79.0 Å². The molecule has 138 valence electrons. The Morgan fingerprint density at radius 2 is 1.50 bits per heavy atom. The van der Waals surface area contributed by atoms with Gasteiger partial charge in [-0.25, -0.2) is 0 Å². The van der Waals surface area contributed by atoms with Crippen molar-refractivity contribution in [1.82, 2.24) is 4.98 Å². The van der Waals surface area contributed by atoms with E-state index >= 15 is 0 Å². The molecule has 28 heavy (non-hydrogen) atoms. The summed E-state index contributed by atoms with van der Waals surface area (Å²) in [5.74, 6) is 0.317. The maximum Gasteiger partial charge on any atom is 0.202 e. The molecule has 0 amide bonds.